The van der Waals surface area contributed by atoms with E-state index in [4.69, 9.17) is 5.73 Å². The summed E-state index contributed by atoms with van der Waals surface area (Å²) in [6.07, 6.45) is 3.94. The summed E-state index contributed by atoms with van der Waals surface area (Å²) in [6, 6.07) is 3.42. The normalized spacial score (nSPS) is 12.4. The minimum atomic E-state index is -0.936. The summed E-state index contributed by atoms with van der Waals surface area (Å²) >= 11 is 0. The molecule has 2 aromatic heterocycles. The summed E-state index contributed by atoms with van der Waals surface area (Å²) in [5.41, 5.74) is 7.12. The first kappa shape index (κ1) is 10.5. The molecule has 0 amide bonds. The lowest BCUT2D eigenvalue weighted by molar-refractivity contribution is 0.210. The smallest absolute Gasteiger partial charge is 0.161 e. The van der Waals surface area contributed by atoms with Crippen LogP contribution < -0.4 is 5.73 Å². The van der Waals surface area contributed by atoms with Crippen molar-refractivity contribution in [3.8, 4) is 0 Å². The lowest BCUT2D eigenvalue weighted by Gasteiger charge is -2.10. The summed E-state index contributed by atoms with van der Waals surface area (Å²) in [5, 5.41) is 10.0. The Hall–Kier alpha value is -2.01. The molecular formula is C11H12N4O. The maximum absolute atomic E-state index is 10.0. The van der Waals surface area contributed by atoms with Crippen molar-refractivity contribution in [3.05, 3.63) is 47.7 Å². The van der Waals surface area contributed by atoms with E-state index in [0.29, 0.717) is 17.2 Å². The van der Waals surface area contributed by atoms with Gasteiger partial charge in [-0.2, -0.15) is 0 Å². The Morgan fingerprint density at radius 1 is 1.25 bits per heavy atom. The fourth-order valence-corrected chi connectivity index (χ4v) is 1.34. The fraction of sp³-hybridized carbons (Fsp3) is 0.182. The molecule has 0 aliphatic heterocycles. The third-order valence-electron chi connectivity index (χ3n) is 2.21. The molecule has 3 N–H and O–H groups in total. The van der Waals surface area contributed by atoms with E-state index in [0.717, 1.165) is 5.56 Å². The molecule has 2 aromatic rings. The average Bonchev–Trinajstić information content (AvgIpc) is 2.30. The fourth-order valence-electron chi connectivity index (χ4n) is 1.34. The molecule has 82 valence electrons. The Bertz CT molecular complexity index is 484. The first-order valence-electron chi connectivity index (χ1n) is 4.85. The number of nitrogens with zero attached hydrogens (tertiary/aromatic N) is 3. The maximum Gasteiger partial charge on any atom is 0.161 e. The van der Waals surface area contributed by atoms with Crippen molar-refractivity contribution in [3.63, 3.8) is 0 Å². The monoisotopic (exact) mass is 216 g/mol. The van der Waals surface area contributed by atoms with Gasteiger partial charge in [0.1, 0.15) is 11.9 Å². The SMILES string of the molecule is Cc1cnc(C(O)c2cccnc2N)nc1. The topological polar surface area (TPSA) is 84.9 Å². The van der Waals surface area contributed by atoms with E-state index in [2.05, 4.69) is 15.0 Å². The Morgan fingerprint density at radius 3 is 2.56 bits per heavy atom. The van der Waals surface area contributed by atoms with Crippen LogP contribution >= 0.6 is 0 Å². The summed E-state index contributed by atoms with van der Waals surface area (Å²) in [5.74, 6) is 0.615. The second-order valence-corrected chi connectivity index (χ2v) is 3.50. The van der Waals surface area contributed by atoms with E-state index in [-0.39, 0.29) is 0 Å². The molecule has 0 saturated carbocycles. The number of rotatable bonds is 2. The molecule has 5 heteroatoms. The largest absolute Gasteiger partial charge is 0.383 e. The van der Waals surface area contributed by atoms with Gasteiger partial charge in [-0.3, -0.25) is 0 Å². The van der Waals surface area contributed by atoms with Gasteiger partial charge in [-0.25, -0.2) is 15.0 Å². The highest BCUT2D eigenvalue weighted by molar-refractivity contribution is 5.42. The van der Waals surface area contributed by atoms with Crippen molar-refractivity contribution in [2.24, 2.45) is 0 Å². The van der Waals surface area contributed by atoms with Crippen molar-refractivity contribution in [2.45, 2.75) is 13.0 Å². The number of nitrogen functional groups attached to an aromatic ring is 1. The quantitative estimate of drug-likeness (QED) is 0.777. The molecular weight excluding hydrogens is 204 g/mol. The molecule has 0 fully saturated rings. The van der Waals surface area contributed by atoms with Crippen LogP contribution in [0.25, 0.3) is 0 Å². The molecule has 0 aliphatic carbocycles. The van der Waals surface area contributed by atoms with Gasteiger partial charge in [-0.15, -0.1) is 0 Å². The van der Waals surface area contributed by atoms with E-state index in [1.165, 1.54) is 0 Å². The van der Waals surface area contributed by atoms with Gasteiger partial charge in [0.2, 0.25) is 0 Å². The van der Waals surface area contributed by atoms with E-state index in [1.807, 2.05) is 6.92 Å². The van der Waals surface area contributed by atoms with Crippen LogP contribution in [0, 0.1) is 6.92 Å². The van der Waals surface area contributed by atoms with Crippen LogP contribution in [0.15, 0.2) is 30.7 Å². The summed E-state index contributed by atoms with van der Waals surface area (Å²) in [6.45, 7) is 1.88. The number of hydrogen-bond acceptors (Lipinski definition) is 5. The molecule has 5 nitrogen and oxygen atoms in total. The Balaban J connectivity index is 2.35. The van der Waals surface area contributed by atoms with Crippen LogP contribution in [0.4, 0.5) is 5.82 Å². The highest BCUT2D eigenvalue weighted by atomic mass is 16.3. The Labute approximate surface area is 93.0 Å². The number of aromatic nitrogens is 3. The summed E-state index contributed by atoms with van der Waals surface area (Å²) < 4.78 is 0. The number of pyridine rings is 1. The second kappa shape index (κ2) is 4.24. The predicted octanol–water partition coefficient (Wildman–Crippen LogP) is 0.844. The molecule has 0 saturated heterocycles. The van der Waals surface area contributed by atoms with Crippen LogP contribution in [-0.4, -0.2) is 20.1 Å². The Morgan fingerprint density at radius 2 is 1.94 bits per heavy atom. The van der Waals surface area contributed by atoms with Gasteiger partial charge in [0.05, 0.1) is 0 Å². The highest BCUT2D eigenvalue weighted by Gasteiger charge is 2.16. The van der Waals surface area contributed by atoms with Gasteiger partial charge in [0, 0.05) is 24.2 Å². The van der Waals surface area contributed by atoms with E-state index >= 15 is 0 Å². The van der Waals surface area contributed by atoms with Crippen LogP contribution in [0.3, 0.4) is 0 Å². The standard InChI is InChI=1S/C11H12N4O/c1-7-5-14-11(15-6-7)9(16)8-3-2-4-13-10(8)12/h2-6,9,16H,1H3,(H2,12,13). The average molecular weight is 216 g/mol. The Kier molecular flexibility index (Phi) is 2.78. The number of nitrogens with two attached hydrogens (primary N) is 1. The van der Waals surface area contributed by atoms with Crippen LogP contribution in [-0.2, 0) is 0 Å². The van der Waals surface area contributed by atoms with E-state index in [9.17, 15) is 5.11 Å². The maximum atomic E-state index is 10.0. The third kappa shape index (κ3) is 1.99. The number of aryl methyl sites for hydroxylation is 1. The molecule has 1 atom stereocenters. The van der Waals surface area contributed by atoms with Crippen molar-refractivity contribution in [1.29, 1.82) is 0 Å². The molecule has 0 aliphatic rings. The lowest BCUT2D eigenvalue weighted by Crippen LogP contribution is -2.08. The molecule has 1 unspecified atom stereocenters. The number of hydrogen-bond donors (Lipinski definition) is 2. The van der Waals surface area contributed by atoms with Crippen LogP contribution in [0.2, 0.25) is 0 Å². The second-order valence-electron chi connectivity index (χ2n) is 3.50. The minimum Gasteiger partial charge on any atom is -0.383 e. The summed E-state index contributed by atoms with van der Waals surface area (Å²) in [4.78, 5) is 12.0. The van der Waals surface area contributed by atoms with Gasteiger partial charge in [-0.05, 0) is 18.6 Å². The van der Waals surface area contributed by atoms with Crippen molar-refractivity contribution >= 4 is 5.82 Å². The van der Waals surface area contributed by atoms with Crippen molar-refractivity contribution < 1.29 is 5.11 Å². The van der Waals surface area contributed by atoms with Gasteiger partial charge in [0.25, 0.3) is 0 Å². The molecule has 16 heavy (non-hydrogen) atoms. The first-order chi connectivity index (χ1) is 7.68. The van der Waals surface area contributed by atoms with Gasteiger partial charge >= 0.3 is 0 Å². The van der Waals surface area contributed by atoms with Crippen molar-refractivity contribution in [1.82, 2.24) is 15.0 Å². The number of anilines is 1. The summed E-state index contributed by atoms with van der Waals surface area (Å²) in [7, 11) is 0. The van der Waals surface area contributed by atoms with Crippen LogP contribution in [0.1, 0.15) is 23.1 Å². The molecule has 0 bridgehead atoms. The van der Waals surface area contributed by atoms with Gasteiger partial charge in [-0.1, -0.05) is 6.07 Å². The number of aliphatic hydroxyl groups excluding tert-OH is 1. The zero-order valence-corrected chi connectivity index (χ0v) is 8.83. The zero-order chi connectivity index (χ0) is 11.5. The predicted molar refractivity (Wildman–Crippen MR) is 59.5 cm³/mol. The van der Waals surface area contributed by atoms with E-state index < -0.39 is 6.10 Å². The van der Waals surface area contributed by atoms with Gasteiger partial charge < -0.3 is 10.8 Å². The zero-order valence-electron chi connectivity index (χ0n) is 8.83. The lowest BCUT2D eigenvalue weighted by atomic mass is 10.1. The number of aliphatic hydroxyl groups is 1. The van der Waals surface area contributed by atoms with Gasteiger partial charge in [0.15, 0.2) is 5.82 Å². The van der Waals surface area contributed by atoms with Crippen LogP contribution in [0.5, 0.6) is 0 Å². The molecule has 2 rings (SSSR count). The molecule has 0 aromatic carbocycles. The highest BCUT2D eigenvalue weighted by Crippen LogP contribution is 2.21. The first-order valence-corrected chi connectivity index (χ1v) is 4.85. The minimum absolute atomic E-state index is 0.291. The van der Waals surface area contributed by atoms with Crippen molar-refractivity contribution in [2.75, 3.05) is 5.73 Å². The van der Waals surface area contributed by atoms with E-state index in [1.54, 1.807) is 30.7 Å². The third-order valence-corrected chi connectivity index (χ3v) is 2.21. The molecule has 2 heterocycles. The molecule has 0 radical (unpaired) electrons. The molecule has 0 spiro atoms.